The van der Waals surface area contributed by atoms with E-state index in [9.17, 15) is 27.6 Å². The molecule has 6 nitrogen and oxygen atoms in total. The summed E-state index contributed by atoms with van der Waals surface area (Å²) in [7, 11) is 0. The second kappa shape index (κ2) is 7.45. The average Bonchev–Trinajstić information content (AvgIpc) is 3.06. The molecule has 1 saturated heterocycles. The van der Waals surface area contributed by atoms with E-state index in [1.54, 1.807) is 0 Å². The van der Waals surface area contributed by atoms with Crippen LogP contribution in [0.1, 0.15) is 38.5 Å². The summed E-state index contributed by atoms with van der Waals surface area (Å²) in [6, 6.07) is -0.488. The summed E-state index contributed by atoms with van der Waals surface area (Å²) in [5.74, 6) is -0.972. The molecule has 4 amide bonds. The monoisotopic (exact) mass is 361 g/mol. The summed E-state index contributed by atoms with van der Waals surface area (Å²) in [6.07, 6.45) is -0.368. The fraction of sp³-hybridized carbons (Fsp3) is 0.688. The van der Waals surface area contributed by atoms with E-state index in [4.69, 9.17) is 0 Å². The number of nitrogens with one attached hydrogen (secondary N) is 1. The van der Waals surface area contributed by atoms with Crippen molar-refractivity contribution in [3.63, 3.8) is 0 Å². The molecule has 0 radical (unpaired) electrons. The molecule has 1 saturated carbocycles. The molecule has 2 rings (SSSR count). The van der Waals surface area contributed by atoms with Crippen LogP contribution in [0.15, 0.2) is 12.7 Å². The standard InChI is InChI=1S/C16H22F3N3O3/c1-2-9-21(11-16(17,18)19)12(23)6-5-10-22-13(24)15(20-14(22)25)7-3-4-8-15/h2H,1,3-11H2,(H,20,25). The van der Waals surface area contributed by atoms with E-state index in [0.717, 1.165) is 17.7 Å². The van der Waals surface area contributed by atoms with Gasteiger partial charge in [0.25, 0.3) is 5.91 Å². The Bertz CT molecular complexity index is 557. The van der Waals surface area contributed by atoms with Gasteiger partial charge in [-0.15, -0.1) is 6.58 Å². The molecule has 1 spiro atoms. The van der Waals surface area contributed by atoms with Crippen molar-refractivity contribution in [1.29, 1.82) is 0 Å². The molecule has 25 heavy (non-hydrogen) atoms. The molecule has 1 heterocycles. The molecular weight excluding hydrogens is 339 g/mol. The number of nitrogens with zero attached hydrogens (tertiary/aromatic N) is 2. The van der Waals surface area contributed by atoms with Gasteiger partial charge in [0, 0.05) is 19.5 Å². The highest BCUT2D eigenvalue weighted by Crippen LogP contribution is 2.35. The zero-order valence-electron chi connectivity index (χ0n) is 13.9. The minimum Gasteiger partial charge on any atom is -0.330 e. The third kappa shape index (κ3) is 4.52. The van der Waals surface area contributed by atoms with E-state index < -0.39 is 30.2 Å². The number of imide groups is 1. The topological polar surface area (TPSA) is 69.7 Å². The Morgan fingerprint density at radius 2 is 1.96 bits per heavy atom. The maximum absolute atomic E-state index is 12.5. The summed E-state index contributed by atoms with van der Waals surface area (Å²) >= 11 is 0. The first-order valence-corrected chi connectivity index (χ1v) is 8.28. The SMILES string of the molecule is C=CCN(CC(F)(F)F)C(=O)CCCN1C(=O)NC2(CCCC2)C1=O. The molecule has 0 unspecified atom stereocenters. The number of amides is 4. The molecule has 0 aromatic carbocycles. The normalized spacial score (nSPS) is 19.4. The smallest absolute Gasteiger partial charge is 0.330 e. The molecule has 140 valence electrons. The van der Waals surface area contributed by atoms with Crippen molar-refractivity contribution in [2.45, 2.75) is 50.2 Å². The Hall–Kier alpha value is -2.06. The number of alkyl halides is 3. The van der Waals surface area contributed by atoms with E-state index >= 15 is 0 Å². The highest BCUT2D eigenvalue weighted by molar-refractivity contribution is 6.07. The average molecular weight is 361 g/mol. The fourth-order valence-electron chi connectivity index (χ4n) is 3.37. The molecule has 2 fully saturated rings. The van der Waals surface area contributed by atoms with Gasteiger partial charge in [-0.05, 0) is 19.3 Å². The maximum Gasteiger partial charge on any atom is 0.406 e. The van der Waals surface area contributed by atoms with Crippen LogP contribution in [-0.2, 0) is 9.59 Å². The van der Waals surface area contributed by atoms with Crippen LogP contribution in [0.5, 0.6) is 0 Å². The van der Waals surface area contributed by atoms with Crippen molar-refractivity contribution in [3.05, 3.63) is 12.7 Å². The molecule has 0 aromatic heterocycles. The van der Waals surface area contributed by atoms with Gasteiger partial charge in [-0.25, -0.2) is 4.79 Å². The van der Waals surface area contributed by atoms with Crippen molar-refractivity contribution in [3.8, 4) is 0 Å². The number of hydrogen-bond acceptors (Lipinski definition) is 3. The molecule has 1 aliphatic heterocycles. The number of halogens is 3. The molecule has 1 N–H and O–H groups in total. The Morgan fingerprint density at radius 1 is 1.32 bits per heavy atom. The fourth-order valence-corrected chi connectivity index (χ4v) is 3.37. The Labute approximate surface area is 144 Å². The first kappa shape index (κ1) is 19.3. The number of carbonyl (C=O) groups excluding carboxylic acids is 3. The van der Waals surface area contributed by atoms with Crippen molar-refractivity contribution in [1.82, 2.24) is 15.1 Å². The van der Waals surface area contributed by atoms with Gasteiger partial charge in [0.05, 0.1) is 0 Å². The number of hydrogen-bond donors (Lipinski definition) is 1. The van der Waals surface area contributed by atoms with Crippen LogP contribution in [0.2, 0.25) is 0 Å². The van der Waals surface area contributed by atoms with Crippen LogP contribution < -0.4 is 5.32 Å². The molecule has 0 bridgehead atoms. The van der Waals surface area contributed by atoms with Gasteiger partial charge in [0.15, 0.2) is 0 Å². The predicted octanol–water partition coefficient (Wildman–Crippen LogP) is 2.21. The second-order valence-electron chi connectivity index (χ2n) is 6.46. The van der Waals surface area contributed by atoms with Gasteiger partial charge >= 0.3 is 12.2 Å². The van der Waals surface area contributed by atoms with Crippen LogP contribution in [0.25, 0.3) is 0 Å². The Balaban J connectivity index is 1.86. The van der Waals surface area contributed by atoms with Gasteiger partial charge in [-0.2, -0.15) is 13.2 Å². The van der Waals surface area contributed by atoms with E-state index in [0.29, 0.717) is 17.7 Å². The minimum atomic E-state index is -4.49. The minimum absolute atomic E-state index is 0.0199. The van der Waals surface area contributed by atoms with Crippen molar-refractivity contribution < 1.29 is 27.6 Å². The first-order chi connectivity index (χ1) is 11.7. The van der Waals surface area contributed by atoms with Crippen LogP contribution >= 0.6 is 0 Å². The molecule has 2 aliphatic rings. The maximum atomic E-state index is 12.5. The Morgan fingerprint density at radius 3 is 2.52 bits per heavy atom. The van der Waals surface area contributed by atoms with Crippen LogP contribution in [0, 0.1) is 0 Å². The zero-order valence-corrected chi connectivity index (χ0v) is 13.9. The van der Waals surface area contributed by atoms with Crippen molar-refractivity contribution in [2.24, 2.45) is 0 Å². The summed E-state index contributed by atoms with van der Waals surface area (Å²) in [5, 5.41) is 2.72. The van der Waals surface area contributed by atoms with Crippen LogP contribution in [-0.4, -0.2) is 59.0 Å². The van der Waals surface area contributed by atoms with Gasteiger partial charge in [-0.1, -0.05) is 18.9 Å². The summed E-state index contributed by atoms with van der Waals surface area (Å²) in [6.45, 7) is 1.82. The second-order valence-corrected chi connectivity index (χ2v) is 6.46. The lowest BCUT2D eigenvalue weighted by Crippen LogP contribution is -2.44. The lowest BCUT2D eigenvalue weighted by Gasteiger charge is -2.23. The summed E-state index contributed by atoms with van der Waals surface area (Å²) < 4.78 is 37.5. The van der Waals surface area contributed by atoms with Gasteiger partial charge < -0.3 is 10.2 Å². The largest absolute Gasteiger partial charge is 0.406 e. The highest BCUT2D eigenvalue weighted by Gasteiger charge is 2.52. The van der Waals surface area contributed by atoms with Gasteiger partial charge in [-0.3, -0.25) is 14.5 Å². The molecule has 1 aliphatic carbocycles. The lowest BCUT2D eigenvalue weighted by molar-refractivity contribution is -0.160. The third-order valence-electron chi connectivity index (χ3n) is 4.55. The summed E-state index contributed by atoms with van der Waals surface area (Å²) in [4.78, 5) is 38.1. The molecule has 0 aromatic rings. The van der Waals surface area contributed by atoms with E-state index in [2.05, 4.69) is 11.9 Å². The Kier molecular flexibility index (Phi) is 5.74. The first-order valence-electron chi connectivity index (χ1n) is 8.28. The molecule has 9 heteroatoms. The lowest BCUT2D eigenvalue weighted by atomic mass is 9.98. The van der Waals surface area contributed by atoms with Crippen LogP contribution in [0.3, 0.4) is 0 Å². The summed E-state index contributed by atoms with van der Waals surface area (Å²) in [5.41, 5.74) is -0.813. The number of rotatable bonds is 7. The van der Waals surface area contributed by atoms with Crippen molar-refractivity contribution >= 4 is 17.8 Å². The number of carbonyl (C=O) groups is 3. The molecule has 0 atom stereocenters. The van der Waals surface area contributed by atoms with Gasteiger partial charge in [0.2, 0.25) is 5.91 Å². The molecular formula is C16H22F3N3O3. The third-order valence-corrected chi connectivity index (χ3v) is 4.55. The quantitative estimate of drug-likeness (QED) is 0.558. The van der Waals surface area contributed by atoms with Crippen molar-refractivity contribution in [2.75, 3.05) is 19.6 Å². The van der Waals surface area contributed by atoms with Crippen LogP contribution in [0.4, 0.5) is 18.0 Å². The number of urea groups is 1. The van der Waals surface area contributed by atoms with E-state index in [-0.39, 0.29) is 31.8 Å². The van der Waals surface area contributed by atoms with E-state index in [1.807, 2.05) is 0 Å². The van der Waals surface area contributed by atoms with Gasteiger partial charge in [0.1, 0.15) is 12.1 Å². The van der Waals surface area contributed by atoms with E-state index in [1.165, 1.54) is 6.08 Å². The zero-order chi connectivity index (χ0) is 18.7. The predicted molar refractivity (Wildman–Crippen MR) is 83.5 cm³/mol. The highest BCUT2D eigenvalue weighted by atomic mass is 19.4.